The van der Waals surface area contributed by atoms with E-state index in [9.17, 15) is 24.3 Å². The van der Waals surface area contributed by atoms with Crippen LogP contribution in [0.15, 0.2) is 22.9 Å². The number of likely N-dealkylation sites (tertiary alicyclic amines) is 1. The Morgan fingerprint density at radius 3 is 2.58 bits per heavy atom. The number of carbonyl (C=O) groups is 4. The molecule has 4 rings (SSSR count). The van der Waals surface area contributed by atoms with Gasteiger partial charge in [0.15, 0.2) is 0 Å². The lowest BCUT2D eigenvalue weighted by molar-refractivity contribution is -0.149. The van der Waals surface area contributed by atoms with E-state index in [0.29, 0.717) is 29.4 Å². The number of piperidine rings is 1. The van der Waals surface area contributed by atoms with Gasteiger partial charge in [0.25, 0.3) is 5.91 Å². The molecule has 0 unspecified atom stereocenters. The van der Waals surface area contributed by atoms with Gasteiger partial charge >= 0.3 is 12.1 Å². The van der Waals surface area contributed by atoms with E-state index in [-0.39, 0.29) is 11.6 Å². The summed E-state index contributed by atoms with van der Waals surface area (Å²) in [4.78, 5) is 52.7. The van der Waals surface area contributed by atoms with Crippen molar-refractivity contribution < 1.29 is 29.0 Å². The third-order valence-electron chi connectivity index (χ3n) is 5.59. The Hall–Kier alpha value is -2.49. The minimum absolute atomic E-state index is 0.0301. The first-order valence-corrected chi connectivity index (χ1v) is 11.5. The number of amides is 3. The number of alkyl carbamates (subject to hydrolysis) is 1. The molecule has 168 valence electrons. The number of ether oxygens (including phenoxy) is 1. The van der Waals surface area contributed by atoms with Crippen LogP contribution >= 0.6 is 11.8 Å². The largest absolute Gasteiger partial charge is 0.477 e. The predicted molar refractivity (Wildman–Crippen MR) is 113 cm³/mol. The fourth-order valence-corrected chi connectivity index (χ4v) is 5.41. The van der Waals surface area contributed by atoms with Crippen LogP contribution in [0, 0.1) is 0 Å². The number of rotatable bonds is 4. The lowest BCUT2D eigenvalue weighted by Gasteiger charge is -2.49. The second-order valence-electron chi connectivity index (χ2n) is 9.22. The molecule has 0 aromatic rings. The van der Waals surface area contributed by atoms with E-state index in [0.717, 1.165) is 25.8 Å². The summed E-state index contributed by atoms with van der Waals surface area (Å²) in [5, 5.41) is 11.8. The number of hydrogen-bond donors (Lipinski definition) is 2. The van der Waals surface area contributed by atoms with Gasteiger partial charge < -0.3 is 20.1 Å². The number of carbonyl (C=O) groups excluding carboxylic acids is 3. The molecule has 3 fully saturated rings. The van der Waals surface area contributed by atoms with Gasteiger partial charge in [0, 0.05) is 23.9 Å². The van der Waals surface area contributed by atoms with E-state index in [4.69, 9.17) is 4.74 Å². The van der Waals surface area contributed by atoms with Crippen LogP contribution in [-0.2, 0) is 19.1 Å². The molecule has 0 bridgehead atoms. The fraction of sp³-hybridized carbons (Fsp3) is 0.619. The fourth-order valence-electron chi connectivity index (χ4n) is 4.10. The average molecular weight is 450 g/mol. The molecule has 0 aromatic carbocycles. The summed E-state index contributed by atoms with van der Waals surface area (Å²) in [6.07, 6.45) is 4.44. The van der Waals surface area contributed by atoms with Gasteiger partial charge in [-0.1, -0.05) is 0 Å². The van der Waals surface area contributed by atoms with Crippen molar-refractivity contribution >= 4 is 35.6 Å². The zero-order valence-corrected chi connectivity index (χ0v) is 18.7. The molecule has 1 saturated carbocycles. The molecule has 4 aliphatic rings. The van der Waals surface area contributed by atoms with Crippen molar-refractivity contribution in [3.63, 3.8) is 0 Å². The molecule has 31 heavy (non-hydrogen) atoms. The normalized spacial score (nSPS) is 27.8. The van der Waals surface area contributed by atoms with Crippen molar-refractivity contribution in [2.45, 2.75) is 69.5 Å². The van der Waals surface area contributed by atoms with Gasteiger partial charge in [0.2, 0.25) is 5.91 Å². The summed E-state index contributed by atoms with van der Waals surface area (Å²) in [6.45, 7) is 5.90. The molecule has 0 radical (unpaired) electrons. The van der Waals surface area contributed by atoms with E-state index in [1.807, 2.05) is 4.90 Å². The number of carboxylic acids is 1. The molecule has 3 heterocycles. The molecule has 9 nitrogen and oxygen atoms in total. The zero-order chi connectivity index (χ0) is 22.5. The number of nitrogens with one attached hydrogen (secondary N) is 1. The lowest BCUT2D eigenvalue weighted by Crippen LogP contribution is -2.70. The van der Waals surface area contributed by atoms with Crippen LogP contribution in [0.1, 0.15) is 46.5 Å². The molecule has 0 aromatic heterocycles. The van der Waals surface area contributed by atoms with Crippen LogP contribution in [0.2, 0.25) is 0 Å². The number of aliphatic carboxylic acids is 1. The highest BCUT2D eigenvalue weighted by Gasteiger charge is 2.54. The van der Waals surface area contributed by atoms with Gasteiger partial charge in [0.1, 0.15) is 22.7 Å². The standard InChI is InChI=1S/C21H27N3O6S/c1-21(2,3)30-20(29)22-14-17(26)24-15(19(27)28)12(10-31-18(14)24)9-11-5-4-8-23(16(11)25)13-6-7-13/h9,13-14,18H,4-8,10H2,1-3H3,(H,22,29)(H,27,28)/b11-9+/t14-,18-/m1/s1. The number of fused-ring (bicyclic) bond motifs is 1. The molecule has 10 heteroatoms. The van der Waals surface area contributed by atoms with Crippen molar-refractivity contribution in [3.05, 3.63) is 22.9 Å². The first-order chi connectivity index (χ1) is 14.6. The molecule has 2 N–H and O–H groups in total. The Bertz CT molecular complexity index is 901. The Morgan fingerprint density at radius 1 is 1.26 bits per heavy atom. The molecule has 0 spiro atoms. The van der Waals surface area contributed by atoms with E-state index in [1.165, 1.54) is 16.7 Å². The summed E-state index contributed by atoms with van der Waals surface area (Å²) < 4.78 is 5.20. The topological polar surface area (TPSA) is 116 Å². The second kappa shape index (κ2) is 7.89. The Labute approximate surface area is 184 Å². The van der Waals surface area contributed by atoms with E-state index in [1.54, 1.807) is 26.8 Å². The summed E-state index contributed by atoms with van der Waals surface area (Å²) >= 11 is 1.37. The zero-order valence-electron chi connectivity index (χ0n) is 17.8. The number of nitrogens with zero attached hydrogens (tertiary/aromatic N) is 2. The summed E-state index contributed by atoms with van der Waals surface area (Å²) in [5.41, 5.74) is 0.240. The van der Waals surface area contributed by atoms with E-state index in [2.05, 4.69) is 5.32 Å². The third-order valence-corrected chi connectivity index (χ3v) is 6.89. The highest BCUT2D eigenvalue weighted by molar-refractivity contribution is 8.00. The van der Waals surface area contributed by atoms with Crippen LogP contribution in [0.4, 0.5) is 4.79 Å². The summed E-state index contributed by atoms with van der Waals surface area (Å²) in [6, 6.07) is -0.532. The molecule has 2 saturated heterocycles. The Morgan fingerprint density at radius 2 is 1.97 bits per heavy atom. The summed E-state index contributed by atoms with van der Waals surface area (Å²) in [5.74, 6) is -1.41. The number of allylic oxidation sites excluding steroid dienone is 1. The number of hydrogen-bond acceptors (Lipinski definition) is 6. The van der Waals surface area contributed by atoms with Gasteiger partial charge in [-0.3, -0.25) is 14.5 Å². The smallest absolute Gasteiger partial charge is 0.408 e. The van der Waals surface area contributed by atoms with E-state index >= 15 is 0 Å². The maximum atomic E-state index is 12.8. The molecular weight excluding hydrogens is 422 g/mol. The molecule has 3 aliphatic heterocycles. The van der Waals surface area contributed by atoms with Gasteiger partial charge in [-0.15, -0.1) is 11.8 Å². The van der Waals surface area contributed by atoms with Gasteiger partial charge in [-0.25, -0.2) is 9.59 Å². The maximum Gasteiger partial charge on any atom is 0.408 e. The van der Waals surface area contributed by atoms with Crippen molar-refractivity contribution in [1.82, 2.24) is 15.1 Å². The second-order valence-corrected chi connectivity index (χ2v) is 10.3. The number of carboxylic acid groups (broad SMARTS) is 1. The molecule has 1 aliphatic carbocycles. The number of β-lactam (4-membered cyclic amide) rings is 1. The highest BCUT2D eigenvalue weighted by Crippen LogP contribution is 2.41. The van der Waals surface area contributed by atoms with Crippen molar-refractivity contribution in [2.75, 3.05) is 12.3 Å². The average Bonchev–Trinajstić information content (AvgIpc) is 3.51. The Kier molecular flexibility index (Phi) is 5.53. The molecule has 3 amide bonds. The Balaban J connectivity index is 1.53. The van der Waals surface area contributed by atoms with Crippen LogP contribution in [0.3, 0.4) is 0 Å². The first kappa shape index (κ1) is 21.7. The third kappa shape index (κ3) is 4.30. The predicted octanol–water partition coefficient (Wildman–Crippen LogP) is 1.84. The quantitative estimate of drug-likeness (QED) is 0.497. The van der Waals surface area contributed by atoms with Crippen molar-refractivity contribution in [2.24, 2.45) is 0 Å². The van der Waals surface area contributed by atoms with Crippen LogP contribution in [0.5, 0.6) is 0 Å². The van der Waals surface area contributed by atoms with Crippen molar-refractivity contribution in [3.8, 4) is 0 Å². The van der Waals surface area contributed by atoms with Gasteiger partial charge in [-0.05, 0) is 58.1 Å². The molecule has 2 atom stereocenters. The monoisotopic (exact) mass is 449 g/mol. The number of thioether (sulfide) groups is 1. The lowest BCUT2D eigenvalue weighted by atomic mass is 9.98. The minimum atomic E-state index is -1.22. The highest BCUT2D eigenvalue weighted by atomic mass is 32.2. The maximum absolute atomic E-state index is 12.8. The summed E-state index contributed by atoms with van der Waals surface area (Å²) in [7, 11) is 0. The van der Waals surface area contributed by atoms with Crippen molar-refractivity contribution in [1.29, 1.82) is 0 Å². The first-order valence-electron chi connectivity index (χ1n) is 10.5. The minimum Gasteiger partial charge on any atom is -0.477 e. The SMILES string of the molecule is CC(C)(C)OC(=O)N[C@@H]1C(=O)N2C(C(=O)O)=C(/C=C3\CCCN(C4CC4)C3=O)CS[C@H]12. The van der Waals surface area contributed by atoms with Gasteiger partial charge in [0.05, 0.1) is 0 Å². The van der Waals surface area contributed by atoms with Crippen LogP contribution in [0.25, 0.3) is 0 Å². The van der Waals surface area contributed by atoms with Crippen LogP contribution in [-0.4, -0.2) is 74.1 Å². The van der Waals surface area contributed by atoms with Crippen LogP contribution < -0.4 is 5.32 Å². The van der Waals surface area contributed by atoms with Gasteiger partial charge in [-0.2, -0.15) is 0 Å². The molecular formula is C21H27N3O6S. The van der Waals surface area contributed by atoms with E-state index < -0.39 is 35.0 Å².